The molecule has 0 bridgehead atoms. The third-order valence-electron chi connectivity index (χ3n) is 2.52. The second-order valence-corrected chi connectivity index (χ2v) is 3.98. The lowest BCUT2D eigenvalue weighted by atomic mass is 10.1. The van der Waals surface area contributed by atoms with E-state index in [1.165, 1.54) is 18.2 Å². The zero-order chi connectivity index (χ0) is 14.3. The molecule has 6 N–H and O–H groups in total. The zero-order valence-corrected chi connectivity index (χ0v) is 10.3. The molecule has 1 aromatic carbocycles. The Balaban J connectivity index is 2.40. The summed E-state index contributed by atoms with van der Waals surface area (Å²) in [5.74, 6) is -0.938. The van der Waals surface area contributed by atoms with Gasteiger partial charge in [0.25, 0.3) is 5.91 Å². The van der Waals surface area contributed by atoms with Crippen LogP contribution in [0.3, 0.4) is 0 Å². The van der Waals surface area contributed by atoms with E-state index in [9.17, 15) is 15.0 Å². The molecule has 0 aliphatic carbocycles. The van der Waals surface area contributed by atoms with Gasteiger partial charge in [-0.15, -0.1) is 0 Å². The van der Waals surface area contributed by atoms with E-state index in [-0.39, 0.29) is 22.9 Å². The number of rotatable bonds is 6. The van der Waals surface area contributed by atoms with Crippen molar-refractivity contribution in [1.29, 1.82) is 0 Å². The van der Waals surface area contributed by atoms with Crippen LogP contribution in [0.15, 0.2) is 23.4 Å². The van der Waals surface area contributed by atoms with Gasteiger partial charge in [-0.25, -0.2) is 0 Å². The molecular formula is C12H17N3O4. The van der Waals surface area contributed by atoms with E-state index in [0.29, 0.717) is 25.8 Å². The summed E-state index contributed by atoms with van der Waals surface area (Å²) in [4.78, 5) is 11.7. The van der Waals surface area contributed by atoms with Crippen LogP contribution in [0.4, 0.5) is 0 Å². The summed E-state index contributed by atoms with van der Waals surface area (Å²) >= 11 is 0. The van der Waals surface area contributed by atoms with Gasteiger partial charge in [-0.3, -0.25) is 4.79 Å². The topological polar surface area (TPSA) is 128 Å². The van der Waals surface area contributed by atoms with Crippen molar-refractivity contribution in [2.45, 2.75) is 19.3 Å². The molecule has 7 nitrogen and oxygen atoms in total. The van der Waals surface area contributed by atoms with E-state index in [1.54, 1.807) is 0 Å². The Kier molecular flexibility index (Phi) is 5.46. The fourth-order valence-corrected chi connectivity index (χ4v) is 1.53. The maximum Gasteiger partial charge on any atom is 0.258 e. The van der Waals surface area contributed by atoms with E-state index < -0.39 is 5.91 Å². The third-order valence-corrected chi connectivity index (χ3v) is 2.52. The maximum atomic E-state index is 11.7. The van der Waals surface area contributed by atoms with Gasteiger partial charge in [0.1, 0.15) is 22.9 Å². The lowest BCUT2D eigenvalue weighted by Gasteiger charge is -2.08. The first-order valence-corrected chi connectivity index (χ1v) is 5.81. The predicted octanol–water partition coefficient (Wildman–Crippen LogP) is 0.744. The number of amidine groups is 1. The summed E-state index contributed by atoms with van der Waals surface area (Å²) in [5, 5.41) is 32.7. The van der Waals surface area contributed by atoms with Crippen LogP contribution in [0, 0.1) is 0 Å². The Morgan fingerprint density at radius 3 is 2.47 bits per heavy atom. The number of oxime groups is 1. The highest BCUT2D eigenvalue weighted by molar-refractivity contribution is 5.99. The highest BCUT2D eigenvalue weighted by Crippen LogP contribution is 2.25. The fourth-order valence-electron chi connectivity index (χ4n) is 1.53. The van der Waals surface area contributed by atoms with Crippen LogP contribution in [0.5, 0.6) is 11.5 Å². The Labute approximate surface area is 110 Å². The molecule has 1 amide bonds. The molecular weight excluding hydrogens is 250 g/mol. The van der Waals surface area contributed by atoms with Crippen molar-refractivity contribution in [1.82, 2.24) is 5.32 Å². The number of nitrogens with zero attached hydrogens (tertiary/aromatic N) is 1. The van der Waals surface area contributed by atoms with Crippen molar-refractivity contribution in [3.05, 3.63) is 23.8 Å². The van der Waals surface area contributed by atoms with Crippen molar-refractivity contribution >= 4 is 11.7 Å². The van der Waals surface area contributed by atoms with Crippen molar-refractivity contribution in [3.63, 3.8) is 0 Å². The molecule has 0 saturated carbocycles. The fraction of sp³-hybridized carbons (Fsp3) is 0.333. The van der Waals surface area contributed by atoms with Gasteiger partial charge in [0, 0.05) is 13.0 Å². The van der Waals surface area contributed by atoms with E-state index in [0.717, 1.165) is 0 Å². The summed E-state index contributed by atoms with van der Waals surface area (Å²) in [6, 6.07) is 4.10. The molecule has 0 aromatic heterocycles. The van der Waals surface area contributed by atoms with Gasteiger partial charge in [-0.05, 0) is 25.0 Å². The average Bonchev–Trinajstić information content (AvgIpc) is 2.37. The van der Waals surface area contributed by atoms with E-state index in [4.69, 9.17) is 10.9 Å². The van der Waals surface area contributed by atoms with Crippen LogP contribution in [-0.2, 0) is 0 Å². The number of amides is 1. The predicted molar refractivity (Wildman–Crippen MR) is 69.4 cm³/mol. The molecule has 0 atom stereocenters. The second-order valence-electron chi connectivity index (χ2n) is 3.98. The quantitative estimate of drug-likeness (QED) is 0.171. The number of carbonyl (C=O) groups is 1. The second kappa shape index (κ2) is 7.10. The molecule has 0 aliphatic heterocycles. The normalized spacial score (nSPS) is 11.3. The summed E-state index contributed by atoms with van der Waals surface area (Å²) in [6.45, 7) is 0.366. The first-order valence-electron chi connectivity index (χ1n) is 5.81. The number of phenols is 2. The SMILES string of the molecule is N/C(CCCCNC(=O)c1c(O)cccc1O)=N/O. The number of hydrogen-bond donors (Lipinski definition) is 5. The van der Waals surface area contributed by atoms with E-state index >= 15 is 0 Å². The van der Waals surface area contributed by atoms with Crippen molar-refractivity contribution in [3.8, 4) is 11.5 Å². The van der Waals surface area contributed by atoms with Crippen molar-refractivity contribution in [2.75, 3.05) is 6.54 Å². The van der Waals surface area contributed by atoms with Gasteiger partial charge in [-0.2, -0.15) is 0 Å². The minimum atomic E-state index is -0.542. The van der Waals surface area contributed by atoms with Crippen LogP contribution in [-0.4, -0.2) is 33.7 Å². The summed E-state index contributed by atoms with van der Waals surface area (Å²) < 4.78 is 0. The molecule has 104 valence electrons. The summed E-state index contributed by atoms with van der Waals surface area (Å²) in [6.07, 6.45) is 1.73. The van der Waals surface area contributed by atoms with Crippen molar-refractivity contribution < 1.29 is 20.2 Å². The number of carbonyl (C=O) groups excluding carboxylic acids is 1. The smallest absolute Gasteiger partial charge is 0.258 e. The molecule has 0 aliphatic rings. The van der Waals surface area contributed by atoms with Gasteiger partial charge in [0.05, 0.1) is 0 Å². The molecule has 0 fully saturated rings. The molecule has 1 rings (SSSR count). The first-order chi connectivity index (χ1) is 9.06. The number of nitrogens with one attached hydrogen (secondary N) is 1. The van der Waals surface area contributed by atoms with Crippen LogP contribution in [0.2, 0.25) is 0 Å². The molecule has 0 radical (unpaired) electrons. The molecule has 0 spiro atoms. The van der Waals surface area contributed by atoms with Crippen LogP contribution < -0.4 is 11.1 Å². The summed E-state index contributed by atoms with van der Waals surface area (Å²) in [5.41, 5.74) is 5.15. The highest BCUT2D eigenvalue weighted by Gasteiger charge is 2.14. The average molecular weight is 267 g/mol. The van der Waals surface area contributed by atoms with E-state index in [1.807, 2.05) is 0 Å². The maximum absolute atomic E-state index is 11.7. The largest absolute Gasteiger partial charge is 0.507 e. The third kappa shape index (κ3) is 4.38. The van der Waals surface area contributed by atoms with Gasteiger partial charge in [0.2, 0.25) is 0 Å². The first kappa shape index (κ1) is 14.6. The monoisotopic (exact) mass is 267 g/mol. The standard InChI is InChI=1S/C12H17N3O4/c13-10(15-19)6-1-2-7-14-12(18)11-8(16)4-3-5-9(11)17/h3-5,16-17,19H,1-2,6-7H2,(H2,13,15)(H,14,18). The minimum Gasteiger partial charge on any atom is -0.507 e. The van der Waals surface area contributed by atoms with Gasteiger partial charge in [0.15, 0.2) is 0 Å². The van der Waals surface area contributed by atoms with Crippen LogP contribution in [0.1, 0.15) is 29.6 Å². The summed E-state index contributed by atoms with van der Waals surface area (Å²) in [7, 11) is 0. The number of benzene rings is 1. The van der Waals surface area contributed by atoms with Gasteiger partial charge in [-0.1, -0.05) is 11.2 Å². The Morgan fingerprint density at radius 1 is 1.26 bits per heavy atom. The number of aromatic hydroxyl groups is 2. The number of nitrogens with two attached hydrogens (primary N) is 1. The van der Waals surface area contributed by atoms with Crippen LogP contribution >= 0.6 is 0 Å². The molecule has 0 heterocycles. The molecule has 1 aromatic rings. The Bertz CT molecular complexity index is 454. The van der Waals surface area contributed by atoms with Crippen LogP contribution in [0.25, 0.3) is 0 Å². The molecule has 0 unspecified atom stereocenters. The highest BCUT2D eigenvalue weighted by atomic mass is 16.4. The number of phenolic OH excluding ortho intramolecular Hbond substituents is 2. The zero-order valence-electron chi connectivity index (χ0n) is 10.3. The molecule has 0 saturated heterocycles. The van der Waals surface area contributed by atoms with Gasteiger partial charge < -0.3 is 26.5 Å². The van der Waals surface area contributed by atoms with E-state index in [2.05, 4.69) is 10.5 Å². The lowest BCUT2D eigenvalue weighted by Crippen LogP contribution is -2.25. The lowest BCUT2D eigenvalue weighted by molar-refractivity contribution is 0.0947. The Hall–Kier alpha value is -2.44. The Morgan fingerprint density at radius 2 is 1.89 bits per heavy atom. The number of hydrogen-bond acceptors (Lipinski definition) is 5. The van der Waals surface area contributed by atoms with Crippen molar-refractivity contribution in [2.24, 2.45) is 10.9 Å². The minimum absolute atomic E-state index is 0.140. The molecule has 19 heavy (non-hydrogen) atoms. The number of unbranched alkanes of at least 4 members (excludes halogenated alkanes) is 1. The molecule has 7 heteroatoms. The van der Waals surface area contributed by atoms with Gasteiger partial charge >= 0.3 is 0 Å².